The molecule has 4 heteroatoms. The maximum Gasteiger partial charge on any atom is 0.176 e. The lowest BCUT2D eigenvalue weighted by Crippen LogP contribution is -2.44. The Morgan fingerprint density at radius 2 is 1.83 bits per heavy atom. The molecular weight excluding hydrogens is 250 g/mol. The zero-order valence-corrected chi connectivity index (χ0v) is 10.9. The third-order valence-electron chi connectivity index (χ3n) is 3.65. The van der Waals surface area contributed by atoms with Crippen LogP contribution in [-0.4, -0.2) is 42.5 Å². The van der Waals surface area contributed by atoms with E-state index in [1.807, 2.05) is 0 Å². The fraction of sp³-hybridized carbons (Fsp3) is 0.500. The molecule has 2 heterocycles. The summed E-state index contributed by atoms with van der Waals surface area (Å²) in [6.45, 7) is 2.25. The largest absolute Gasteiger partial charge is 0.372 e. The van der Waals surface area contributed by atoms with Crippen LogP contribution in [0.2, 0.25) is 5.02 Å². The van der Waals surface area contributed by atoms with E-state index in [0.717, 1.165) is 31.5 Å². The molecule has 0 saturated carbocycles. The Labute approximate surface area is 112 Å². The lowest BCUT2D eigenvalue weighted by atomic mass is 10.1. The molecule has 3 rings (SSSR count). The number of rotatable bonds is 3. The molecule has 0 spiro atoms. The van der Waals surface area contributed by atoms with Gasteiger partial charge >= 0.3 is 0 Å². The van der Waals surface area contributed by atoms with E-state index in [4.69, 9.17) is 16.3 Å². The summed E-state index contributed by atoms with van der Waals surface area (Å²) in [6, 6.07) is 7.11. The molecule has 1 aromatic carbocycles. The van der Waals surface area contributed by atoms with Crippen molar-refractivity contribution in [2.75, 3.05) is 19.6 Å². The molecular formula is C14H16ClNO2. The van der Waals surface area contributed by atoms with Crippen LogP contribution in [0.25, 0.3) is 0 Å². The number of fused-ring (bicyclic) bond motifs is 2. The number of ketones is 1. The van der Waals surface area contributed by atoms with E-state index >= 15 is 0 Å². The van der Waals surface area contributed by atoms with Crippen molar-refractivity contribution in [3.63, 3.8) is 0 Å². The van der Waals surface area contributed by atoms with Gasteiger partial charge in [-0.2, -0.15) is 0 Å². The van der Waals surface area contributed by atoms with E-state index in [2.05, 4.69) is 4.90 Å². The number of nitrogens with zero attached hydrogens (tertiary/aromatic N) is 1. The van der Waals surface area contributed by atoms with Crippen molar-refractivity contribution in [3.05, 3.63) is 34.9 Å². The highest BCUT2D eigenvalue weighted by atomic mass is 35.5. The SMILES string of the molecule is O=C(CN1CC2CCC(C1)O2)c1ccc(Cl)cc1. The monoisotopic (exact) mass is 265 g/mol. The average Bonchev–Trinajstić information content (AvgIpc) is 2.69. The average molecular weight is 266 g/mol. The Bertz CT molecular complexity index is 434. The molecule has 3 nitrogen and oxygen atoms in total. The fourth-order valence-electron chi connectivity index (χ4n) is 2.76. The number of ether oxygens (including phenoxy) is 1. The second-order valence-corrected chi connectivity index (χ2v) is 5.52. The quantitative estimate of drug-likeness (QED) is 0.786. The number of carbonyl (C=O) groups is 1. The molecule has 0 radical (unpaired) electrons. The first-order valence-corrected chi connectivity index (χ1v) is 6.75. The standard InChI is InChI=1S/C14H16ClNO2/c15-11-3-1-10(2-4-11)14(17)9-16-7-12-5-6-13(8-16)18-12/h1-4,12-13H,5-9H2. The van der Waals surface area contributed by atoms with Crippen LogP contribution in [0, 0.1) is 0 Å². The topological polar surface area (TPSA) is 29.5 Å². The number of hydrogen-bond donors (Lipinski definition) is 0. The highest BCUT2D eigenvalue weighted by Gasteiger charge is 2.34. The van der Waals surface area contributed by atoms with Crippen molar-refractivity contribution >= 4 is 17.4 Å². The second-order valence-electron chi connectivity index (χ2n) is 5.08. The highest BCUT2D eigenvalue weighted by Crippen LogP contribution is 2.26. The predicted octanol–water partition coefficient (Wildman–Crippen LogP) is 2.39. The van der Waals surface area contributed by atoms with Gasteiger partial charge in [0.15, 0.2) is 5.78 Å². The molecule has 18 heavy (non-hydrogen) atoms. The minimum Gasteiger partial charge on any atom is -0.372 e. The summed E-state index contributed by atoms with van der Waals surface area (Å²) < 4.78 is 5.76. The molecule has 2 aliphatic rings. The number of likely N-dealkylation sites (tertiary alicyclic amines) is 1. The van der Waals surface area contributed by atoms with Crippen molar-refractivity contribution in [2.24, 2.45) is 0 Å². The van der Waals surface area contributed by atoms with Crippen LogP contribution in [0.3, 0.4) is 0 Å². The molecule has 2 atom stereocenters. The van der Waals surface area contributed by atoms with Crippen LogP contribution in [0.15, 0.2) is 24.3 Å². The zero-order chi connectivity index (χ0) is 12.5. The number of morpholine rings is 1. The molecule has 2 saturated heterocycles. The molecule has 96 valence electrons. The van der Waals surface area contributed by atoms with Crippen LogP contribution in [0.4, 0.5) is 0 Å². The van der Waals surface area contributed by atoms with Gasteiger partial charge in [-0.05, 0) is 37.1 Å². The van der Waals surface area contributed by atoms with Gasteiger partial charge in [0.25, 0.3) is 0 Å². The first-order chi connectivity index (χ1) is 8.70. The van der Waals surface area contributed by atoms with Crippen LogP contribution in [0.1, 0.15) is 23.2 Å². The van der Waals surface area contributed by atoms with Crippen molar-refractivity contribution in [1.82, 2.24) is 4.90 Å². The molecule has 0 amide bonds. The Kier molecular flexibility index (Phi) is 3.37. The van der Waals surface area contributed by atoms with Gasteiger partial charge in [0.1, 0.15) is 0 Å². The normalized spacial score (nSPS) is 27.4. The Balaban J connectivity index is 1.62. The lowest BCUT2D eigenvalue weighted by molar-refractivity contribution is -0.0355. The summed E-state index contributed by atoms with van der Waals surface area (Å²) in [5.41, 5.74) is 0.734. The smallest absolute Gasteiger partial charge is 0.176 e. The Morgan fingerprint density at radius 1 is 1.22 bits per heavy atom. The van der Waals surface area contributed by atoms with Crippen LogP contribution in [-0.2, 0) is 4.74 Å². The van der Waals surface area contributed by atoms with Gasteiger partial charge < -0.3 is 4.74 Å². The van der Waals surface area contributed by atoms with E-state index in [1.165, 1.54) is 0 Å². The van der Waals surface area contributed by atoms with Gasteiger partial charge in [0.05, 0.1) is 18.8 Å². The van der Waals surface area contributed by atoms with E-state index < -0.39 is 0 Å². The Morgan fingerprint density at radius 3 is 2.44 bits per heavy atom. The predicted molar refractivity (Wildman–Crippen MR) is 70.1 cm³/mol. The molecule has 2 unspecified atom stereocenters. The third-order valence-corrected chi connectivity index (χ3v) is 3.90. The minimum atomic E-state index is 0.160. The van der Waals surface area contributed by atoms with Gasteiger partial charge in [-0.3, -0.25) is 9.69 Å². The fourth-order valence-corrected chi connectivity index (χ4v) is 2.88. The summed E-state index contributed by atoms with van der Waals surface area (Å²) in [5.74, 6) is 0.160. The summed E-state index contributed by atoms with van der Waals surface area (Å²) in [5, 5.41) is 0.663. The summed E-state index contributed by atoms with van der Waals surface area (Å²) in [7, 11) is 0. The van der Waals surface area contributed by atoms with E-state index in [9.17, 15) is 4.79 Å². The van der Waals surface area contributed by atoms with Crippen LogP contribution < -0.4 is 0 Å². The van der Waals surface area contributed by atoms with Gasteiger partial charge in [0.2, 0.25) is 0 Å². The van der Waals surface area contributed by atoms with Crippen LogP contribution >= 0.6 is 11.6 Å². The van der Waals surface area contributed by atoms with Gasteiger partial charge in [0, 0.05) is 23.7 Å². The lowest BCUT2D eigenvalue weighted by Gasteiger charge is -2.31. The minimum absolute atomic E-state index is 0.160. The van der Waals surface area contributed by atoms with E-state index in [0.29, 0.717) is 23.8 Å². The van der Waals surface area contributed by atoms with Crippen molar-refractivity contribution in [3.8, 4) is 0 Å². The summed E-state index contributed by atoms with van der Waals surface area (Å²) >= 11 is 5.82. The highest BCUT2D eigenvalue weighted by molar-refractivity contribution is 6.30. The number of hydrogen-bond acceptors (Lipinski definition) is 3. The first-order valence-electron chi connectivity index (χ1n) is 6.37. The first kappa shape index (κ1) is 12.2. The maximum atomic E-state index is 12.1. The summed E-state index contributed by atoms with van der Waals surface area (Å²) in [6.07, 6.45) is 2.94. The van der Waals surface area contributed by atoms with E-state index in [1.54, 1.807) is 24.3 Å². The third kappa shape index (κ3) is 2.58. The molecule has 0 aliphatic carbocycles. The molecule has 2 fully saturated rings. The van der Waals surface area contributed by atoms with E-state index in [-0.39, 0.29) is 5.78 Å². The molecule has 2 bridgehead atoms. The Hall–Kier alpha value is -0.900. The van der Waals surface area contributed by atoms with Crippen molar-refractivity contribution in [1.29, 1.82) is 0 Å². The number of Topliss-reactive ketones (excluding diaryl/α,β-unsaturated/α-hetero) is 1. The molecule has 0 aromatic heterocycles. The van der Waals surface area contributed by atoms with Crippen molar-refractivity contribution < 1.29 is 9.53 Å². The summed E-state index contributed by atoms with van der Waals surface area (Å²) in [4.78, 5) is 14.3. The molecule has 0 N–H and O–H groups in total. The molecule has 1 aromatic rings. The molecule has 2 aliphatic heterocycles. The van der Waals surface area contributed by atoms with Crippen LogP contribution in [0.5, 0.6) is 0 Å². The van der Waals surface area contributed by atoms with Gasteiger partial charge in [-0.1, -0.05) is 11.6 Å². The number of benzene rings is 1. The van der Waals surface area contributed by atoms with Crippen molar-refractivity contribution in [2.45, 2.75) is 25.0 Å². The number of carbonyl (C=O) groups excluding carboxylic acids is 1. The van der Waals surface area contributed by atoms with Gasteiger partial charge in [-0.15, -0.1) is 0 Å². The maximum absolute atomic E-state index is 12.1. The zero-order valence-electron chi connectivity index (χ0n) is 10.1. The second kappa shape index (κ2) is 5.00. The van der Waals surface area contributed by atoms with Gasteiger partial charge in [-0.25, -0.2) is 0 Å². The number of halogens is 1.